The zero-order valence-corrected chi connectivity index (χ0v) is 6.92. The van der Waals surface area contributed by atoms with Gasteiger partial charge in [-0.15, -0.1) is 12.4 Å². The molecule has 1 N–H and O–H groups in total. The van der Waals surface area contributed by atoms with Gasteiger partial charge in [0.2, 0.25) is 0 Å². The summed E-state index contributed by atoms with van der Waals surface area (Å²) < 4.78 is 2.06. The number of hydrogen-bond acceptors (Lipinski definition) is 2. The molecule has 1 aromatic rings. The Morgan fingerprint density at radius 2 is 2.36 bits per heavy atom. The number of halogens is 1. The lowest BCUT2D eigenvalue weighted by Crippen LogP contribution is -1.97. The molecule has 1 heterocycles. The standard InChI is InChI=1S/C7H10N2O.ClH/c10-4-7-3-8-5-9(7)6-1-2-6;/h3,5-6,10H,1-2,4H2;1H. The van der Waals surface area contributed by atoms with Gasteiger partial charge in [0, 0.05) is 6.04 Å². The van der Waals surface area contributed by atoms with Gasteiger partial charge in [0.25, 0.3) is 0 Å². The van der Waals surface area contributed by atoms with Crippen LogP contribution in [0.25, 0.3) is 0 Å². The van der Waals surface area contributed by atoms with Crippen LogP contribution in [0.1, 0.15) is 24.6 Å². The van der Waals surface area contributed by atoms with Crippen molar-refractivity contribution in [2.45, 2.75) is 25.5 Å². The maximum atomic E-state index is 8.82. The van der Waals surface area contributed by atoms with Crippen molar-refractivity contribution in [1.29, 1.82) is 0 Å². The average Bonchev–Trinajstić information content (AvgIpc) is 2.69. The predicted octanol–water partition coefficient (Wildman–Crippen LogP) is 1.13. The first-order chi connectivity index (χ1) is 4.92. The average molecular weight is 175 g/mol. The predicted molar refractivity (Wildman–Crippen MR) is 43.7 cm³/mol. The Labute approximate surface area is 71.5 Å². The number of aliphatic hydroxyl groups is 1. The number of rotatable bonds is 2. The molecule has 11 heavy (non-hydrogen) atoms. The van der Waals surface area contributed by atoms with Gasteiger partial charge in [0.15, 0.2) is 0 Å². The first-order valence-corrected chi connectivity index (χ1v) is 3.53. The number of aliphatic hydroxyl groups excluding tert-OH is 1. The summed E-state index contributed by atoms with van der Waals surface area (Å²) in [7, 11) is 0. The lowest BCUT2D eigenvalue weighted by molar-refractivity contribution is 0.270. The summed E-state index contributed by atoms with van der Waals surface area (Å²) in [5.74, 6) is 0. The summed E-state index contributed by atoms with van der Waals surface area (Å²) in [5, 5.41) is 8.82. The minimum absolute atomic E-state index is 0. The summed E-state index contributed by atoms with van der Waals surface area (Å²) in [6, 6.07) is 0.629. The fourth-order valence-corrected chi connectivity index (χ4v) is 1.14. The molecule has 1 fully saturated rings. The van der Waals surface area contributed by atoms with Crippen molar-refractivity contribution < 1.29 is 5.11 Å². The number of aromatic nitrogens is 2. The van der Waals surface area contributed by atoms with Crippen molar-refractivity contribution in [2.24, 2.45) is 0 Å². The van der Waals surface area contributed by atoms with Crippen LogP contribution in [-0.4, -0.2) is 14.7 Å². The summed E-state index contributed by atoms with van der Waals surface area (Å²) in [6.07, 6.45) is 5.99. The van der Waals surface area contributed by atoms with E-state index in [1.807, 2.05) is 0 Å². The highest BCUT2D eigenvalue weighted by Crippen LogP contribution is 2.35. The number of nitrogens with zero attached hydrogens (tertiary/aromatic N) is 2. The van der Waals surface area contributed by atoms with E-state index in [2.05, 4.69) is 9.55 Å². The van der Waals surface area contributed by atoms with Crippen LogP contribution in [0.5, 0.6) is 0 Å². The molecule has 0 radical (unpaired) electrons. The largest absolute Gasteiger partial charge is 0.390 e. The Morgan fingerprint density at radius 1 is 1.64 bits per heavy atom. The molecule has 0 spiro atoms. The van der Waals surface area contributed by atoms with Gasteiger partial charge in [-0.1, -0.05) is 0 Å². The second-order valence-electron chi connectivity index (χ2n) is 2.68. The third-order valence-electron chi connectivity index (χ3n) is 1.85. The first-order valence-electron chi connectivity index (χ1n) is 3.53. The minimum Gasteiger partial charge on any atom is -0.390 e. The second-order valence-corrected chi connectivity index (χ2v) is 2.68. The van der Waals surface area contributed by atoms with Crippen LogP contribution < -0.4 is 0 Å². The molecule has 2 rings (SSSR count). The fraction of sp³-hybridized carbons (Fsp3) is 0.571. The molecule has 0 aromatic carbocycles. The van der Waals surface area contributed by atoms with Gasteiger partial charge in [0.05, 0.1) is 24.8 Å². The highest BCUT2D eigenvalue weighted by molar-refractivity contribution is 5.85. The lowest BCUT2D eigenvalue weighted by Gasteiger charge is -2.01. The van der Waals surface area contributed by atoms with Gasteiger partial charge in [-0.3, -0.25) is 0 Å². The van der Waals surface area contributed by atoms with Crippen molar-refractivity contribution in [2.75, 3.05) is 0 Å². The molecule has 1 aliphatic rings. The van der Waals surface area contributed by atoms with Crippen LogP contribution in [0, 0.1) is 0 Å². The molecule has 4 heteroatoms. The summed E-state index contributed by atoms with van der Waals surface area (Å²) in [5.41, 5.74) is 0.933. The Balaban J connectivity index is 0.000000605. The molecule has 0 aliphatic heterocycles. The van der Waals surface area contributed by atoms with E-state index in [-0.39, 0.29) is 19.0 Å². The van der Waals surface area contributed by atoms with Crippen LogP contribution >= 0.6 is 12.4 Å². The van der Waals surface area contributed by atoms with Crippen LogP contribution in [0.15, 0.2) is 12.5 Å². The van der Waals surface area contributed by atoms with Crippen molar-refractivity contribution in [1.82, 2.24) is 9.55 Å². The zero-order chi connectivity index (χ0) is 6.97. The SMILES string of the molecule is Cl.OCc1cncn1C1CC1. The summed E-state index contributed by atoms with van der Waals surface area (Å²) in [6.45, 7) is 0.108. The van der Waals surface area contributed by atoms with Crippen LogP contribution in [0.3, 0.4) is 0 Å². The van der Waals surface area contributed by atoms with E-state index in [1.54, 1.807) is 12.5 Å². The van der Waals surface area contributed by atoms with Gasteiger partial charge >= 0.3 is 0 Å². The van der Waals surface area contributed by atoms with Crippen LogP contribution in [-0.2, 0) is 6.61 Å². The molecule has 62 valence electrons. The molecule has 1 aliphatic carbocycles. The van der Waals surface area contributed by atoms with Crippen molar-refractivity contribution in [3.05, 3.63) is 18.2 Å². The van der Waals surface area contributed by atoms with Gasteiger partial charge in [-0.25, -0.2) is 4.98 Å². The molecule has 0 bridgehead atoms. The van der Waals surface area contributed by atoms with E-state index in [9.17, 15) is 0 Å². The van der Waals surface area contributed by atoms with Crippen LogP contribution in [0.2, 0.25) is 0 Å². The maximum absolute atomic E-state index is 8.82. The van der Waals surface area contributed by atoms with E-state index in [0.717, 1.165) is 5.69 Å². The van der Waals surface area contributed by atoms with Crippen molar-refractivity contribution >= 4 is 12.4 Å². The summed E-state index contributed by atoms with van der Waals surface area (Å²) in [4.78, 5) is 3.96. The zero-order valence-electron chi connectivity index (χ0n) is 6.10. The minimum atomic E-state index is 0. The highest BCUT2D eigenvalue weighted by Gasteiger charge is 2.24. The maximum Gasteiger partial charge on any atom is 0.0951 e. The quantitative estimate of drug-likeness (QED) is 0.730. The Hall–Kier alpha value is -0.540. The third-order valence-corrected chi connectivity index (χ3v) is 1.85. The Morgan fingerprint density at radius 3 is 2.91 bits per heavy atom. The molecular formula is C7H11ClN2O. The van der Waals surface area contributed by atoms with E-state index < -0.39 is 0 Å². The fourth-order valence-electron chi connectivity index (χ4n) is 1.14. The Bertz CT molecular complexity index is 232. The van der Waals surface area contributed by atoms with E-state index in [0.29, 0.717) is 6.04 Å². The smallest absolute Gasteiger partial charge is 0.0951 e. The lowest BCUT2D eigenvalue weighted by atomic mass is 10.5. The van der Waals surface area contributed by atoms with Crippen molar-refractivity contribution in [3.8, 4) is 0 Å². The molecule has 1 aromatic heterocycles. The van der Waals surface area contributed by atoms with Crippen LogP contribution in [0.4, 0.5) is 0 Å². The normalized spacial score (nSPS) is 16.1. The van der Waals surface area contributed by atoms with Gasteiger partial charge in [0.1, 0.15) is 0 Å². The van der Waals surface area contributed by atoms with E-state index in [1.165, 1.54) is 12.8 Å². The highest BCUT2D eigenvalue weighted by atomic mass is 35.5. The Kier molecular flexibility index (Phi) is 2.52. The van der Waals surface area contributed by atoms with Crippen molar-refractivity contribution in [3.63, 3.8) is 0 Å². The monoisotopic (exact) mass is 174 g/mol. The van der Waals surface area contributed by atoms with Gasteiger partial charge in [-0.05, 0) is 12.8 Å². The second kappa shape index (κ2) is 3.24. The van der Waals surface area contributed by atoms with E-state index in [4.69, 9.17) is 5.11 Å². The topological polar surface area (TPSA) is 38.1 Å². The molecule has 0 unspecified atom stereocenters. The molecule has 3 nitrogen and oxygen atoms in total. The molecule has 0 atom stereocenters. The van der Waals surface area contributed by atoms with Gasteiger partial charge < -0.3 is 9.67 Å². The molecule has 0 amide bonds. The molecule has 1 saturated carbocycles. The van der Waals surface area contributed by atoms with E-state index >= 15 is 0 Å². The number of imidazole rings is 1. The molecular weight excluding hydrogens is 164 g/mol. The number of hydrogen-bond donors (Lipinski definition) is 1. The molecule has 0 saturated heterocycles. The summed E-state index contributed by atoms with van der Waals surface area (Å²) >= 11 is 0. The first kappa shape index (κ1) is 8.56. The van der Waals surface area contributed by atoms with Gasteiger partial charge in [-0.2, -0.15) is 0 Å². The third kappa shape index (κ3) is 1.54.